The predicted molar refractivity (Wildman–Crippen MR) is 96.1 cm³/mol. The number of carbonyl (C=O) groups excluding carboxylic acids is 1. The van der Waals surface area contributed by atoms with Gasteiger partial charge < -0.3 is 4.74 Å². The summed E-state index contributed by atoms with van der Waals surface area (Å²) in [5.41, 5.74) is 2.83. The Morgan fingerprint density at radius 2 is 1.92 bits per heavy atom. The van der Waals surface area contributed by atoms with Crippen molar-refractivity contribution in [1.29, 1.82) is 0 Å². The molecule has 25 heavy (non-hydrogen) atoms. The van der Waals surface area contributed by atoms with Gasteiger partial charge in [0.1, 0.15) is 11.7 Å². The van der Waals surface area contributed by atoms with Crippen molar-refractivity contribution in [2.24, 2.45) is 0 Å². The molecule has 0 aliphatic carbocycles. The number of pyridine rings is 1. The van der Waals surface area contributed by atoms with Gasteiger partial charge in [-0.1, -0.05) is 18.2 Å². The van der Waals surface area contributed by atoms with Crippen LogP contribution in [-0.2, 0) is 9.53 Å². The van der Waals surface area contributed by atoms with Crippen LogP contribution in [0.3, 0.4) is 0 Å². The summed E-state index contributed by atoms with van der Waals surface area (Å²) in [6.07, 6.45) is 0. The van der Waals surface area contributed by atoms with Gasteiger partial charge in [-0.25, -0.2) is 9.48 Å². The lowest BCUT2D eigenvalue weighted by atomic mass is 10.1. The van der Waals surface area contributed by atoms with E-state index < -0.39 is 12.0 Å². The number of rotatable bonds is 4. The summed E-state index contributed by atoms with van der Waals surface area (Å²) < 4.78 is 8.30. The smallest absolute Gasteiger partial charge is 0.329 e. The number of para-hydroxylation sites is 1. The third kappa shape index (κ3) is 2.84. The van der Waals surface area contributed by atoms with Gasteiger partial charge in [0, 0.05) is 11.5 Å². The van der Waals surface area contributed by atoms with E-state index in [1.807, 2.05) is 44.2 Å². The van der Waals surface area contributed by atoms with E-state index >= 15 is 0 Å². The molecule has 0 N–H and O–H groups in total. The second-order valence-corrected chi connectivity index (χ2v) is 5.99. The van der Waals surface area contributed by atoms with Crippen LogP contribution < -0.4 is 5.56 Å². The molecule has 0 saturated carbocycles. The number of fused-ring (bicyclic) bond motifs is 1. The van der Waals surface area contributed by atoms with Gasteiger partial charge in [-0.3, -0.25) is 9.36 Å². The minimum Gasteiger partial charge on any atom is -0.464 e. The van der Waals surface area contributed by atoms with Crippen molar-refractivity contribution >= 4 is 17.0 Å². The zero-order valence-electron chi connectivity index (χ0n) is 14.8. The first-order valence-corrected chi connectivity index (χ1v) is 8.29. The molecule has 6 heteroatoms. The van der Waals surface area contributed by atoms with Gasteiger partial charge in [-0.2, -0.15) is 5.10 Å². The second kappa shape index (κ2) is 6.55. The first kappa shape index (κ1) is 17.0. The van der Waals surface area contributed by atoms with E-state index in [0.717, 1.165) is 22.3 Å². The molecule has 0 saturated heterocycles. The van der Waals surface area contributed by atoms with E-state index in [4.69, 9.17) is 4.74 Å². The molecule has 2 heterocycles. The van der Waals surface area contributed by atoms with Crippen LogP contribution in [0, 0.1) is 13.8 Å². The minimum atomic E-state index is -0.742. The lowest BCUT2D eigenvalue weighted by Gasteiger charge is -2.17. The highest BCUT2D eigenvalue weighted by Gasteiger charge is 2.24. The van der Waals surface area contributed by atoms with Crippen LogP contribution in [0.4, 0.5) is 0 Å². The van der Waals surface area contributed by atoms with E-state index in [9.17, 15) is 9.59 Å². The van der Waals surface area contributed by atoms with Crippen LogP contribution in [0.5, 0.6) is 0 Å². The molecule has 0 amide bonds. The molecule has 2 aromatic heterocycles. The fraction of sp³-hybridized carbons (Fsp3) is 0.316. The first-order chi connectivity index (χ1) is 12.0. The molecule has 0 aliphatic rings. The molecule has 0 radical (unpaired) electrons. The molecule has 0 bridgehead atoms. The number of nitrogens with zero attached hydrogens (tertiary/aromatic N) is 3. The molecule has 3 rings (SSSR count). The highest BCUT2D eigenvalue weighted by atomic mass is 16.5. The zero-order chi connectivity index (χ0) is 18.1. The van der Waals surface area contributed by atoms with Crippen LogP contribution in [0.15, 0.2) is 41.2 Å². The zero-order valence-corrected chi connectivity index (χ0v) is 14.8. The van der Waals surface area contributed by atoms with E-state index in [1.54, 1.807) is 24.6 Å². The fourth-order valence-electron chi connectivity index (χ4n) is 3.12. The number of ether oxygens (including phenoxy) is 1. The van der Waals surface area contributed by atoms with E-state index in [0.29, 0.717) is 5.65 Å². The Morgan fingerprint density at radius 3 is 2.56 bits per heavy atom. The average Bonchev–Trinajstić information content (AvgIpc) is 2.93. The van der Waals surface area contributed by atoms with Gasteiger partial charge in [-0.05, 0) is 45.4 Å². The maximum atomic E-state index is 12.7. The molecule has 6 nitrogen and oxygen atoms in total. The van der Waals surface area contributed by atoms with Crippen LogP contribution in [-0.4, -0.2) is 26.9 Å². The Bertz CT molecular complexity index is 987. The summed E-state index contributed by atoms with van der Waals surface area (Å²) in [5.74, 6) is -0.437. The first-order valence-electron chi connectivity index (χ1n) is 8.29. The number of hydrogen-bond acceptors (Lipinski definition) is 4. The molecule has 0 fully saturated rings. The molecule has 1 atom stereocenters. The number of esters is 1. The molecule has 0 aliphatic heterocycles. The Kier molecular flexibility index (Phi) is 4.44. The van der Waals surface area contributed by atoms with E-state index in [2.05, 4.69) is 5.10 Å². The molecule has 0 spiro atoms. The van der Waals surface area contributed by atoms with Gasteiger partial charge in [0.25, 0.3) is 5.56 Å². The van der Waals surface area contributed by atoms with E-state index in [-0.39, 0.29) is 12.2 Å². The molecular weight excluding hydrogens is 318 g/mol. The van der Waals surface area contributed by atoms with Crippen LogP contribution >= 0.6 is 0 Å². The van der Waals surface area contributed by atoms with Gasteiger partial charge in [0.15, 0.2) is 0 Å². The second-order valence-electron chi connectivity index (χ2n) is 5.99. The third-order valence-electron chi connectivity index (χ3n) is 4.25. The largest absolute Gasteiger partial charge is 0.464 e. The highest BCUT2D eigenvalue weighted by Crippen LogP contribution is 2.25. The number of hydrogen-bond donors (Lipinski definition) is 0. The van der Waals surface area contributed by atoms with Crippen molar-refractivity contribution < 1.29 is 9.53 Å². The van der Waals surface area contributed by atoms with Crippen molar-refractivity contribution in [2.45, 2.75) is 33.7 Å². The quantitative estimate of drug-likeness (QED) is 0.686. The van der Waals surface area contributed by atoms with Crippen LogP contribution in [0.1, 0.15) is 31.1 Å². The molecular formula is C19H21N3O3. The average molecular weight is 339 g/mol. The van der Waals surface area contributed by atoms with Crippen molar-refractivity contribution in [2.75, 3.05) is 6.61 Å². The fourth-order valence-corrected chi connectivity index (χ4v) is 3.12. The van der Waals surface area contributed by atoms with Gasteiger partial charge in [0.2, 0.25) is 0 Å². The summed E-state index contributed by atoms with van der Waals surface area (Å²) in [4.78, 5) is 25.0. The molecule has 3 aromatic rings. The summed E-state index contributed by atoms with van der Waals surface area (Å²) >= 11 is 0. The Morgan fingerprint density at radius 1 is 1.24 bits per heavy atom. The number of aryl methyl sites for hydroxylation is 2. The Labute approximate surface area is 145 Å². The lowest BCUT2D eigenvalue weighted by molar-refractivity contribution is -0.146. The summed E-state index contributed by atoms with van der Waals surface area (Å²) in [6, 6.07) is 10.4. The van der Waals surface area contributed by atoms with Crippen molar-refractivity contribution in [3.63, 3.8) is 0 Å². The number of carbonyl (C=O) groups is 1. The van der Waals surface area contributed by atoms with Crippen molar-refractivity contribution in [1.82, 2.24) is 14.3 Å². The topological polar surface area (TPSA) is 66.1 Å². The van der Waals surface area contributed by atoms with Gasteiger partial charge in [0.05, 0.1) is 18.0 Å². The highest BCUT2D eigenvalue weighted by molar-refractivity contribution is 5.85. The maximum absolute atomic E-state index is 12.7. The summed E-state index contributed by atoms with van der Waals surface area (Å²) in [7, 11) is 0. The van der Waals surface area contributed by atoms with Gasteiger partial charge >= 0.3 is 5.97 Å². The molecule has 0 unspecified atom stereocenters. The minimum absolute atomic E-state index is 0.248. The van der Waals surface area contributed by atoms with Crippen LogP contribution in [0.25, 0.3) is 16.7 Å². The van der Waals surface area contributed by atoms with Gasteiger partial charge in [-0.15, -0.1) is 0 Å². The lowest BCUT2D eigenvalue weighted by Crippen LogP contribution is -2.30. The predicted octanol–water partition coefficient (Wildman–Crippen LogP) is 2.93. The summed E-state index contributed by atoms with van der Waals surface area (Å²) in [6.45, 7) is 7.47. The normalized spacial score (nSPS) is 12.3. The SMILES string of the molecule is CCOC(=O)[C@H](C)n1c(=O)cc(C)c2c(C)nn(-c3ccccc3)c21. The number of aromatic nitrogens is 3. The monoisotopic (exact) mass is 339 g/mol. The third-order valence-corrected chi connectivity index (χ3v) is 4.25. The Hall–Kier alpha value is -2.89. The maximum Gasteiger partial charge on any atom is 0.329 e. The van der Waals surface area contributed by atoms with Crippen molar-refractivity contribution in [3.05, 3.63) is 58.0 Å². The summed E-state index contributed by atoms with van der Waals surface area (Å²) in [5, 5.41) is 5.49. The van der Waals surface area contributed by atoms with E-state index in [1.165, 1.54) is 4.57 Å². The number of benzene rings is 1. The molecule has 1 aromatic carbocycles. The standard InChI is InChI=1S/C19H21N3O3/c1-5-25-19(24)14(4)21-16(23)11-12(2)17-13(3)20-22(18(17)21)15-9-7-6-8-10-15/h6-11,14H,5H2,1-4H3/t14-/m0/s1. The van der Waals surface area contributed by atoms with Crippen LogP contribution in [0.2, 0.25) is 0 Å². The van der Waals surface area contributed by atoms with Crippen molar-refractivity contribution in [3.8, 4) is 5.69 Å². The Balaban J connectivity index is 2.37. The molecule has 130 valence electrons.